The van der Waals surface area contributed by atoms with Gasteiger partial charge >= 0.3 is 5.97 Å². The van der Waals surface area contributed by atoms with Gasteiger partial charge in [0.15, 0.2) is 0 Å². The molecule has 0 aromatic heterocycles. The van der Waals surface area contributed by atoms with Crippen LogP contribution >= 0.6 is 12.6 Å². The van der Waals surface area contributed by atoms with Crippen LogP contribution in [0.2, 0.25) is 0 Å². The third-order valence-corrected chi connectivity index (χ3v) is 2.78. The van der Waals surface area contributed by atoms with Crippen LogP contribution in [-0.2, 0) is 9.59 Å². The number of rotatable bonds is 4. The van der Waals surface area contributed by atoms with E-state index in [0.717, 1.165) is 11.6 Å². The first-order chi connectivity index (χ1) is 10.5. The van der Waals surface area contributed by atoms with Gasteiger partial charge in [-0.3, -0.25) is 4.79 Å². The van der Waals surface area contributed by atoms with Gasteiger partial charge in [0.25, 0.3) is 0 Å². The fourth-order valence-electron chi connectivity index (χ4n) is 1.41. The van der Waals surface area contributed by atoms with Crippen LogP contribution in [0.4, 0.5) is 0 Å². The van der Waals surface area contributed by atoms with E-state index in [-0.39, 0.29) is 5.12 Å². The average Bonchev–Trinajstić information content (AvgIpc) is 2.56. The monoisotopic (exact) mass is 312 g/mol. The standard InChI is InChI=1S/C9H8O2.C9H8OS/c1-2-9(10)11-8-6-4-3-5-7-8;1-7(9(10)11)8-5-3-2-4-6-8/h2-7H,1H2;2-6H,1H2,(H,10,11). The van der Waals surface area contributed by atoms with E-state index < -0.39 is 5.97 Å². The van der Waals surface area contributed by atoms with Crippen LogP contribution in [0.15, 0.2) is 79.9 Å². The Balaban J connectivity index is 0.000000220. The van der Waals surface area contributed by atoms with Crippen LogP contribution in [0.3, 0.4) is 0 Å². The Morgan fingerprint density at radius 2 is 1.45 bits per heavy atom. The summed E-state index contributed by atoms with van der Waals surface area (Å²) < 4.78 is 4.81. The van der Waals surface area contributed by atoms with E-state index >= 15 is 0 Å². The number of hydrogen-bond donors (Lipinski definition) is 1. The van der Waals surface area contributed by atoms with E-state index in [1.165, 1.54) is 0 Å². The molecule has 0 radical (unpaired) electrons. The molecule has 4 heteroatoms. The summed E-state index contributed by atoms with van der Waals surface area (Å²) in [5.74, 6) is 0.105. The van der Waals surface area contributed by atoms with Crippen molar-refractivity contribution in [1.29, 1.82) is 0 Å². The van der Waals surface area contributed by atoms with Crippen molar-refractivity contribution in [2.24, 2.45) is 0 Å². The van der Waals surface area contributed by atoms with Crippen molar-refractivity contribution in [3.63, 3.8) is 0 Å². The van der Waals surface area contributed by atoms with Gasteiger partial charge in [0.1, 0.15) is 5.75 Å². The van der Waals surface area contributed by atoms with Gasteiger partial charge in [-0.05, 0) is 17.7 Å². The number of hydrogen-bond acceptors (Lipinski definition) is 3. The fraction of sp³-hybridized carbons (Fsp3) is 0. The lowest BCUT2D eigenvalue weighted by atomic mass is 10.1. The number of benzene rings is 2. The van der Waals surface area contributed by atoms with Gasteiger partial charge in [-0.1, -0.05) is 61.7 Å². The molecular formula is C18H16O3S. The molecule has 0 amide bonds. The zero-order valence-electron chi connectivity index (χ0n) is 11.9. The van der Waals surface area contributed by atoms with E-state index in [4.69, 9.17) is 4.74 Å². The number of thiol groups is 1. The molecule has 0 heterocycles. The smallest absolute Gasteiger partial charge is 0.335 e. The lowest BCUT2D eigenvalue weighted by Crippen LogP contribution is -2.02. The zero-order chi connectivity index (χ0) is 16.4. The minimum absolute atomic E-state index is 0.281. The van der Waals surface area contributed by atoms with Crippen LogP contribution < -0.4 is 4.74 Å². The topological polar surface area (TPSA) is 43.4 Å². The first-order valence-corrected chi connectivity index (χ1v) is 6.86. The first-order valence-electron chi connectivity index (χ1n) is 6.41. The van der Waals surface area contributed by atoms with Crippen molar-refractivity contribution >= 4 is 29.3 Å². The molecule has 0 aliphatic rings. The van der Waals surface area contributed by atoms with Gasteiger partial charge in [0.05, 0.1) is 0 Å². The van der Waals surface area contributed by atoms with Gasteiger partial charge in [-0.15, -0.1) is 12.6 Å². The summed E-state index contributed by atoms with van der Waals surface area (Å²) in [4.78, 5) is 21.3. The maximum atomic E-state index is 10.7. The van der Waals surface area contributed by atoms with Crippen molar-refractivity contribution in [3.8, 4) is 5.75 Å². The highest BCUT2D eigenvalue weighted by atomic mass is 32.1. The molecule has 112 valence electrons. The van der Waals surface area contributed by atoms with E-state index in [2.05, 4.69) is 25.8 Å². The number of esters is 1. The normalized spacial score (nSPS) is 8.95. The van der Waals surface area contributed by atoms with Gasteiger partial charge < -0.3 is 4.74 Å². The summed E-state index contributed by atoms with van der Waals surface area (Å²) in [5.41, 5.74) is 1.27. The lowest BCUT2D eigenvalue weighted by molar-refractivity contribution is -0.128. The third kappa shape index (κ3) is 6.24. The van der Waals surface area contributed by atoms with Gasteiger partial charge in [0.2, 0.25) is 5.12 Å². The van der Waals surface area contributed by atoms with Crippen molar-refractivity contribution in [1.82, 2.24) is 0 Å². The van der Waals surface area contributed by atoms with Crippen LogP contribution in [0.1, 0.15) is 5.56 Å². The second-order valence-electron chi connectivity index (χ2n) is 4.09. The first kappa shape index (κ1) is 17.5. The van der Waals surface area contributed by atoms with Crippen LogP contribution in [-0.4, -0.2) is 11.1 Å². The summed E-state index contributed by atoms with van der Waals surface area (Å²) in [6.07, 6.45) is 1.13. The largest absolute Gasteiger partial charge is 0.423 e. The predicted octanol–water partition coefficient (Wildman–Crippen LogP) is 3.93. The highest BCUT2D eigenvalue weighted by Gasteiger charge is 2.02. The van der Waals surface area contributed by atoms with Crippen molar-refractivity contribution in [2.75, 3.05) is 0 Å². The molecule has 2 aromatic rings. The quantitative estimate of drug-likeness (QED) is 0.402. The number of para-hydroxylation sites is 1. The highest BCUT2D eigenvalue weighted by Crippen LogP contribution is 2.13. The molecule has 0 aliphatic carbocycles. The molecule has 0 saturated heterocycles. The molecule has 2 aromatic carbocycles. The maximum Gasteiger partial charge on any atom is 0.335 e. The minimum atomic E-state index is -0.434. The van der Waals surface area contributed by atoms with Gasteiger partial charge in [-0.2, -0.15) is 0 Å². The van der Waals surface area contributed by atoms with Gasteiger partial charge in [-0.25, -0.2) is 4.79 Å². The summed E-state index contributed by atoms with van der Waals surface area (Å²) in [7, 11) is 0. The Kier molecular flexibility index (Phi) is 7.43. The Morgan fingerprint density at radius 3 is 1.91 bits per heavy atom. The Labute approximate surface area is 135 Å². The fourth-order valence-corrected chi connectivity index (χ4v) is 1.54. The Morgan fingerprint density at radius 1 is 0.955 bits per heavy atom. The molecule has 0 fully saturated rings. The predicted molar refractivity (Wildman–Crippen MR) is 91.7 cm³/mol. The van der Waals surface area contributed by atoms with Crippen LogP contribution in [0.25, 0.3) is 5.57 Å². The third-order valence-electron chi connectivity index (χ3n) is 2.51. The molecule has 0 atom stereocenters. The molecule has 22 heavy (non-hydrogen) atoms. The zero-order valence-corrected chi connectivity index (χ0v) is 12.8. The summed E-state index contributed by atoms with van der Waals surface area (Å²) >= 11 is 3.67. The van der Waals surface area contributed by atoms with Crippen molar-refractivity contribution in [3.05, 3.63) is 85.5 Å². The van der Waals surface area contributed by atoms with Crippen molar-refractivity contribution in [2.45, 2.75) is 0 Å². The molecule has 0 aliphatic heterocycles. The van der Waals surface area contributed by atoms with E-state index in [1.54, 1.807) is 24.3 Å². The molecule has 2 rings (SSSR count). The highest BCUT2D eigenvalue weighted by molar-refractivity contribution is 7.98. The van der Waals surface area contributed by atoms with Crippen LogP contribution in [0, 0.1) is 0 Å². The maximum absolute atomic E-state index is 10.7. The second-order valence-corrected chi connectivity index (χ2v) is 4.49. The number of carbonyl (C=O) groups excluding carboxylic acids is 2. The molecule has 3 nitrogen and oxygen atoms in total. The van der Waals surface area contributed by atoms with Gasteiger partial charge in [0, 0.05) is 11.6 Å². The van der Waals surface area contributed by atoms with Crippen LogP contribution in [0.5, 0.6) is 5.75 Å². The molecule has 0 N–H and O–H groups in total. The summed E-state index contributed by atoms with van der Waals surface area (Å²) in [5, 5.41) is -0.281. The number of ether oxygens (including phenoxy) is 1. The Hall–Kier alpha value is -2.59. The summed E-state index contributed by atoms with van der Waals surface area (Å²) in [6, 6.07) is 18.1. The van der Waals surface area contributed by atoms with E-state index in [9.17, 15) is 9.59 Å². The molecule has 0 saturated carbocycles. The minimum Gasteiger partial charge on any atom is -0.423 e. The SMILES string of the molecule is C=C(C(=O)S)c1ccccc1.C=CC(=O)Oc1ccccc1. The molecular weight excluding hydrogens is 296 g/mol. The molecule has 0 unspecified atom stereocenters. The lowest BCUT2D eigenvalue weighted by Gasteiger charge is -1.98. The summed E-state index contributed by atoms with van der Waals surface area (Å²) in [6.45, 7) is 6.88. The molecule has 0 spiro atoms. The van der Waals surface area contributed by atoms with E-state index in [1.807, 2.05) is 36.4 Å². The second kappa shape index (κ2) is 9.37. The Bertz CT molecular complexity index is 647. The molecule has 0 bridgehead atoms. The van der Waals surface area contributed by atoms with Crippen molar-refractivity contribution < 1.29 is 14.3 Å². The number of carbonyl (C=O) groups is 2. The van der Waals surface area contributed by atoms with E-state index in [0.29, 0.717) is 11.3 Å². The average molecular weight is 312 g/mol.